The van der Waals surface area contributed by atoms with E-state index in [0.717, 1.165) is 18.5 Å². The fourth-order valence-electron chi connectivity index (χ4n) is 2.58. The summed E-state index contributed by atoms with van der Waals surface area (Å²) in [5.41, 5.74) is 0.795. The highest BCUT2D eigenvalue weighted by molar-refractivity contribution is 5.89. The number of hydrogen-bond acceptors (Lipinski definition) is 2. The number of carbonyl (C=O) groups excluding carboxylic acids is 2. The van der Waals surface area contributed by atoms with Crippen LogP contribution in [-0.4, -0.2) is 36.0 Å². The molecule has 0 aromatic heterocycles. The van der Waals surface area contributed by atoms with Crippen molar-refractivity contribution in [2.45, 2.75) is 39.7 Å². The third-order valence-corrected chi connectivity index (χ3v) is 4.55. The summed E-state index contributed by atoms with van der Waals surface area (Å²) in [7, 11) is 0. The van der Waals surface area contributed by atoms with Crippen LogP contribution in [0.4, 0.5) is 10.5 Å². The van der Waals surface area contributed by atoms with E-state index < -0.39 is 0 Å². The quantitative estimate of drug-likeness (QED) is 0.896. The van der Waals surface area contributed by atoms with E-state index in [0.29, 0.717) is 19.0 Å². The second-order valence-corrected chi connectivity index (χ2v) is 6.60. The van der Waals surface area contributed by atoms with E-state index >= 15 is 0 Å². The molecule has 1 aromatic rings. The van der Waals surface area contributed by atoms with Crippen LogP contribution in [0.1, 0.15) is 33.6 Å². The Hall–Kier alpha value is -2.04. The fraction of sp³-hybridized carbons (Fsp3) is 0.556. The summed E-state index contributed by atoms with van der Waals surface area (Å²) in [6.07, 6.45) is 1.44. The Kier molecular flexibility index (Phi) is 6.02. The maximum absolute atomic E-state index is 12.3. The normalized spacial score (nSPS) is 17.0. The second-order valence-electron chi connectivity index (χ2n) is 6.60. The predicted octanol–water partition coefficient (Wildman–Crippen LogP) is 3.09. The number of hydrogen-bond donors (Lipinski definition) is 2. The van der Waals surface area contributed by atoms with Crippen LogP contribution in [0.25, 0.3) is 0 Å². The number of amides is 3. The molecule has 1 aliphatic heterocycles. The highest BCUT2D eigenvalue weighted by atomic mass is 16.2. The smallest absolute Gasteiger partial charge is 0.321 e. The Bertz CT molecular complexity index is 522. The third kappa shape index (κ3) is 4.98. The van der Waals surface area contributed by atoms with E-state index in [9.17, 15) is 9.59 Å². The van der Waals surface area contributed by atoms with Gasteiger partial charge in [0.15, 0.2) is 0 Å². The van der Waals surface area contributed by atoms with Gasteiger partial charge in [0.25, 0.3) is 0 Å². The van der Waals surface area contributed by atoms with Crippen LogP contribution in [0, 0.1) is 11.8 Å². The largest absolute Gasteiger partial charge is 0.353 e. The van der Waals surface area contributed by atoms with Gasteiger partial charge >= 0.3 is 6.03 Å². The number of anilines is 1. The summed E-state index contributed by atoms with van der Waals surface area (Å²) >= 11 is 0. The molecule has 0 spiro atoms. The van der Waals surface area contributed by atoms with Gasteiger partial charge in [-0.25, -0.2) is 4.79 Å². The monoisotopic (exact) mass is 317 g/mol. The molecule has 0 saturated carbocycles. The lowest BCUT2D eigenvalue weighted by Gasteiger charge is -2.32. The first-order chi connectivity index (χ1) is 11.0. The Balaban J connectivity index is 1.79. The van der Waals surface area contributed by atoms with Crippen molar-refractivity contribution in [2.75, 3.05) is 18.4 Å². The molecular weight excluding hydrogens is 290 g/mol. The zero-order valence-electron chi connectivity index (χ0n) is 14.2. The molecule has 1 aromatic carbocycles. The molecule has 0 aliphatic carbocycles. The van der Waals surface area contributed by atoms with Crippen molar-refractivity contribution in [1.29, 1.82) is 0 Å². The van der Waals surface area contributed by atoms with Crippen LogP contribution in [0.3, 0.4) is 0 Å². The minimum absolute atomic E-state index is 0.0111. The molecule has 1 saturated heterocycles. The van der Waals surface area contributed by atoms with Gasteiger partial charge in [0.1, 0.15) is 0 Å². The van der Waals surface area contributed by atoms with Gasteiger partial charge in [0, 0.05) is 30.7 Å². The first-order valence-corrected chi connectivity index (χ1v) is 8.38. The van der Waals surface area contributed by atoms with Crippen molar-refractivity contribution in [3.63, 3.8) is 0 Å². The molecule has 5 nitrogen and oxygen atoms in total. The summed E-state index contributed by atoms with van der Waals surface area (Å²) in [4.78, 5) is 26.3. The zero-order chi connectivity index (χ0) is 16.8. The Morgan fingerprint density at radius 3 is 2.26 bits per heavy atom. The van der Waals surface area contributed by atoms with Crippen LogP contribution in [0.5, 0.6) is 0 Å². The third-order valence-electron chi connectivity index (χ3n) is 4.55. The number of rotatable bonds is 4. The van der Waals surface area contributed by atoms with E-state index in [1.807, 2.05) is 37.3 Å². The predicted molar refractivity (Wildman–Crippen MR) is 92.2 cm³/mol. The summed E-state index contributed by atoms with van der Waals surface area (Å²) in [6.45, 7) is 7.47. The van der Waals surface area contributed by atoms with E-state index in [1.54, 1.807) is 4.90 Å². The first kappa shape index (κ1) is 17.3. The van der Waals surface area contributed by atoms with Crippen molar-refractivity contribution in [1.82, 2.24) is 10.2 Å². The van der Waals surface area contributed by atoms with Crippen LogP contribution in [-0.2, 0) is 4.79 Å². The molecule has 2 N–H and O–H groups in total. The zero-order valence-corrected chi connectivity index (χ0v) is 14.2. The molecule has 126 valence electrons. The van der Waals surface area contributed by atoms with E-state index in [1.165, 1.54) is 0 Å². The molecule has 1 aliphatic rings. The summed E-state index contributed by atoms with van der Waals surface area (Å²) in [5.74, 6) is 0.557. The molecule has 1 fully saturated rings. The lowest BCUT2D eigenvalue weighted by atomic mass is 9.95. The number of likely N-dealkylation sites (tertiary alicyclic amines) is 1. The Morgan fingerprint density at radius 1 is 1.09 bits per heavy atom. The standard InChI is InChI=1S/C18H27N3O2/c1-13(2)14(3)19-17(22)15-9-11-21(12-10-15)18(23)20-16-7-5-4-6-8-16/h4-8,13-15H,9-12H2,1-3H3,(H,19,22)(H,20,23). The van der Waals surface area contributed by atoms with E-state index in [2.05, 4.69) is 24.5 Å². The van der Waals surface area contributed by atoms with E-state index in [4.69, 9.17) is 0 Å². The van der Waals surface area contributed by atoms with Crippen LogP contribution >= 0.6 is 0 Å². The van der Waals surface area contributed by atoms with Crippen molar-refractivity contribution >= 4 is 17.6 Å². The highest BCUT2D eigenvalue weighted by Crippen LogP contribution is 2.19. The van der Waals surface area contributed by atoms with Crippen molar-refractivity contribution in [3.8, 4) is 0 Å². The summed E-state index contributed by atoms with van der Waals surface area (Å²) < 4.78 is 0. The van der Waals surface area contributed by atoms with Crippen LogP contribution in [0.2, 0.25) is 0 Å². The van der Waals surface area contributed by atoms with Gasteiger partial charge in [0.2, 0.25) is 5.91 Å². The number of benzene rings is 1. The Labute approximate surface area is 138 Å². The molecule has 1 atom stereocenters. The van der Waals surface area contributed by atoms with Crippen molar-refractivity contribution in [2.24, 2.45) is 11.8 Å². The minimum atomic E-state index is -0.0920. The lowest BCUT2D eigenvalue weighted by Crippen LogP contribution is -2.46. The molecule has 3 amide bonds. The maximum Gasteiger partial charge on any atom is 0.321 e. The maximum atomic E-state index is 12.3. The molecule has 1 unspecified atom stereocenters. The van der Waals surface area contributed by atoms with E-state index in [-0.39, 0.29) is 23.9 Å². The molecule has 2 rings (SSSR count). The topological polar surface area (TPSA) is 61.4 Å². The van der Waals surface area contributed by atoms with Gasteiger partial charge in [-0.05, 0) is 37.8 Å². The number of carbonyl (C=O) groups is 2. The highest BCUT2D eigenvalue weighted by Gasteiger charge is 2.28. The lowest BCUT2D eigenvalue weighted by molar-refractivity contribution is -0.127. The van der Waals surface area contributed by atoms with Gasteiger partial charge in [0.05, 0.1) is 0 Å². The van der Waals surface area contributed by atoms with Crippen molar-refractivity contribution in [3.05, 3.63) is 30.3 Å². The van der Waals surface area contributed by atoms with Crippen LogP contribution < -0.4 is 10.6 Å². The molecular formula is C18H27N3O2. The molecule has 0 bridgehead atoms. The average Bonchev–Trinajstić information content (AvgIpc) is 2.55. The number of para-hydroxylation sites is 1. The molecule has 5 heteroatoms. The molecule has 23 heavy (non-hydrogen) atoms. The van der Waals surface area contributed by atoms with Gasteiger partial charge < -0.3 is 15.5 Å². The average molecular weight is 317 g/mol. The molecule has 0 radical (unpaired) electrons. The Morgan fingerprint density at radius 2 is 1.70 bits per heavy atom. The van der Waals surface area contributed by atoms with Gasteiger partial charge in [-0.15, -0.1) is 0 Å². The van der Waals surface area contributed by atoms with Crippen molar-refractivity contribution < 1.29 is 9.59 Å². The number of piperidine rings is 1. The summed E-state index contributed by atoms with van der Waals surface area (Å²) in [5, 5.41) is 5.96. The van der Waals surface area contributed by atoms with Gasteiger partial charge in [-0.1, -0.05) is 32.0 Å². The van der Waals surface area contributed by atoms with Crippen LogP contribution in [0.15, 0.2) is 30.3 Å². The number of urea groups is 1. The summed E-state index contributed by atoms with van der Waals surface area (Å²) in [6, 6.07) is 9.52. The first-order valence-electron chi connectivity index (χ1n) is 8.38. The molecule has 1 heterocycles. The number of nitrogens with zero attached hydrogens (tertiary/aromatic N) is 1. The fourth-order valence-corrected chi connectivity index (χ4v) is 2.58. The minimum Gasteiger partial charge on any atom is -0.353 e. The number of nitrogens with one attached hydrogen (secondary N) is 2. The second kappa shape index (κ2) is 7.99. The van der Waals surface area contributed by atoms with Gasteiger partial charge in [-0.3, -0.25) is 4.79 Å². The van der Waals surface area contributed by atoms with Gasteiger partial charge in [-0.2, -0.15) is 0 Å². The SMILES string of the molecule is CC(C)C(C)NC(=O)C1CCN(C(=O)Nc2ccccc2)CC1.